The number of aliphatic carboxylic acids is 1. The predicted molar refractivity (Wildman–Crippen MR) is 275 cm³/mol. The second-order valence-electron chi connectivity index (χ2n) is 18.5. The Morgan fingerprint density at radius 2 is 0.942 bits per heavy atom. The maximum Gasteiger partial charge on any atom is 0.335 e. The zero-order valence-electron chi connectivity index (χ0n) is 43.3. The Kier molecular flexibility index (Phi) is 41.9. The van der Waals surface area contributed by atoms with Gasteiger partial charge in [0, 0.05) is 19.3 Å². The summed E-state index contributed by atoms with van der Waals surface area (Å²) in [6.07, 6.45) is 42.0. The second-order valence-corrected chi connectivity index (χ2v) is 18.5. The largest absolute Gasteiger partial charge is 0.479 e. The van der Waals surface area contributed by atoms with E-state index in [-0.39, 0.29) is 25.9 Å². The van der Waals surface area contributed by atoms with E-state index in [9.17, 15) is 34.5 Å². The van der Waals surface area contributed by atoms with Crippen molar-refractivity contribution >= 4 is 23.9 Å². The zero-order valence-corrected chi connectivity index (χ0v) is 43.3. The van der Waals surface area contributed by atoms with E-state index >= 15 is 0 Å². The molecule has 12 nitrogen and oxygen atoms in total. The van der Waals surface area contributed by atoms with Crippen molar-refractivity contribution in [2.75, 3.05) is 13.2 Å². The molecular formula is C57H96O12. The molecular weight excluding hydrogens is 877 g/mol. The van der Waals surface area contributed by atoms with Gasteiger partial charge in [-0.25, -0.2) is 4.79 Å². The van der Waals surface area contributed by atoms with Gasteiger partial charge in [-0.3, -0.25) is 14.4 Å². The monoisotopic (exact) mass is 973 g/mol. The average Bonchev–Trinajstić information content (AvgIpc) is 3.33. The van der Waals surface area contributed by atoms with Gasteiger partial charge in [-0.1, -0.05) is 191 Å². The van der Waals surface area contributed by atoms with E-state index in [2.05, 4.69) is 81.5 Å². The molecule has 0 bridgehead atoms. The number of carbonyl (C=O) groups is 4. The summed E-state index contributed by atoms with van der Waals surface area (Å²) in [5.74, 6) is -3.16. The minimum atomic E-state index is -1.91. The lowest BCUT2D eigenvalue weighted by Gasteiger charge is -2.40. The van der Waals surface area contributed by atoms with Gasteiger partial charge in [0.2, 0.25) is 0 Å². The van der Waals surface area contributed by atoms with Crippen molar-refractivity contribution in [2.24, 2.45) is 0 Å². The van der Waals surface area contributed by atoms with Gasteiger partial charge < -0.3 is 39.0 Å². The number of esters is 3. The Morgan fingerprint density at radius 1 is 0.493 bits per heavy atom. The van der Waals surface area contributed by atoms with Gasteiger partial charge in [0.15, 0.2) is 24.6 Å². The molecule has 0 amide bonds. The number of aliphatic hydroxyl groups is 2. The van der Waals surface area contributed by atoms with Crippen LogP contribution in [-0.2, 0) is 42.9 Å². The van der Waals surface area contributed by atoms with Crippen LogP contribution in [0.5, 0.6) is 0 Å². The normalized spacial score (nSPS) is 19.1. The average molecular weight is 973 g/mol. The number of ether oxygens (including phenoxy) is 5. The maximum absolute atomic E-state index is 13.1. The number of hydrogen-bond donors (Lipinski definition) is 3. The molecule has 0 aromatic heterocycles. The van der Waals surface area contributed by atoms with Crippen LogP contribution >= 0.6 is 0 Å². The van der Waals surface area contributed by atoms with Crippen LogP contribution < -0.4 is 0 Å². The summed E-state index contributed by atoms with van der Waals surface area (Å²) in [4.78, 5) is 50.9. The van der Waals surface area contributed by atoms with Crippen molar-refractivity contribution in [1.82, 2.24) is 0 Å². The van der Waals surface area contributed by atoms with Crippen molar-refractivity contribution in [2.45, 2.75) is 263 Å². The van der Waals surface area contributed by atoms with E-state index in [0.29, 0.717) is 19.3 Å². The van der Waals surface area contributed by atoms with Crippen molar-refractivity contribution < 1.29 is 58.2 Å². The number of unbranched alkanes of at least 4 members (excludes halogenated alkanes) is 21. The lowest BCUT2D eigenvalue weighted by Crippen LogP contribution is -2.61. The molecule has 0 saturated carbocycles. The highest BCUT2D eigenvalue weighted by Crippen LogP contribution is 2.26. The van der Waals surface area contributed by atoms with Crippen LogP contribution in [-0.4, -0.2) is 89.2 Å². The minimum absolute atomic E-state index is 0.0424. The lowest BCUT2D eigenvalue weighted by molar-refractivity contribution is -0.301. The maximum atomic E-state index is 13.1. The number of carbonyl (C=O) groups excluding carboxylic acids is 3. The van der Waals surface area contributed by atoms with Crippen LogP contribution in [0.4, 0.5) is 0 Å². The highest BCUT2D eigenvalue weighted by molar-refractivity contribution is 5.74. The molecule has 396 valence electrons. The molecule has 1 fully saturated rings. The third-order valence-electron chi connectivity index (χ3n) is 12.1. The molecule has 69 heavy (non-hydrogen) atoms. The first-order valence-corrected chi connectivity index (χ1v) is 27.3. The van der Waals surface area contributed by atoms with E-state index in [1.54, 1.807) is 0 Å². The lowest BCUT2D eigenvalue weighted by atomic mass is 9.98. The van der Waals surface area contributed by atoms with Gasteiger partial charge in [0.25, 0.3) is 0 Å². The Hall–Kier alpha value is -3.58. The number of aliphatic hydroxyl groups excluding tert-OH is 2. The standard InChI is InChI=1S/C57H96O12/c1-4-7-10-13-16-19-22-24-25-27-29-31-34-37-40-43-49(58)65-46-48(67-50(59)44-41-38-35-32-28-21-18-15-12-9-6-3)47-66-57-55(53(62)52(61)54(69-57)56(63)64)68-51(60)45-42-39-36-33-30-26-23-20-17-14-11-8-5-2/h7,10-11,14,16,19-20,23-25,48,52-55,57,61-62H,4-6,8-9,12-13,15,17-18,21-22,26-47H2,1-3H3,(H,63,64)/b10-7-,14-11-,19-16-,23-20-,25-24-. The number of hydrogen-bond acceptors (Lipinski definition) is 11. The van der Waals surface area contributed by atoms with Crippen LogP contribution in [0, 0.1) is 0 Å². The number of allylic oxidation sites excluding steroid dienone is 10. The Labute approximate surface area is 417 Å². The minimum Gasteiger partial charge on any atom is -0.479 e. The van der Waals surface area contributed by atoms with Gasteiger partial charge in [0.05, 0.1) is 6.61 Å². The first-order chi connectivity index (χ1) is 33.6. The van der Waals surface area contributed by atoms with Crippen LogP contribution in [0.3, 0.4) is 0 Å². The van der Waals surface area contributed by atoms with Crippen molar-refractivity contribution in [3.05, 3.63) is 60.8 Å². The summed E-state index contributed by atoms with van der Waals surface area (Å²) in [5, 5.41) is 31.4. The number of carboxylic acid groups (broad SMARTS) is 1. The van der Waals surface area contributed by atoms with Crippen molar-refractivity contribution in [3.8, 4) is 0 Å². The number of carboxylic acids is 1. The first kappa shape index (κ1) is 63.4. The summed E-state index contributed by atoms with van der Waals surface area (Å²) >= 11 is 0. The Balaban J connectivity index is 2.73. The molecule has 1 saturated heterocycles. The fraction of sp³-hybridized carbons (Fsp3) is 0.754. The molecule has 1 aliphatic rings. The molecule has 1 rings (SSSR count). The molecule has 0 radical (unpaired) electrons. The third-order valence-corrected chi connectivity index (χ3v) is 12.1. The summed E-state index contributed by atoms with van der Waals surface area (Å²) in [5.41, 5.74) is 0. The highest BCUT2D eigenvalue weighted by Gasteiger charge is 2.50. The molecule has 6 unspecified atom stereocenters. The molecule has 6 atom stereocenters. The summed E-state index contributed by atoms with van der Waals surface area (Å²) in [7, 11) is 0. The summed E-state index contributed by atoms with van der Waals surface area (Å²) < 4.78 is 28.3. The number of rotatable bonds is 45. The van der Waals surface area contributed by atoms with E-state index in [4.69, 9.17) is 23.7 Å². The van der Waals surface area contributed by atoms with Gasteiger partial charge in [-0.15, -0.1) is 0 Å². The van der Waals surface area contributed by atoms with Crippen LogP contribution in [0.2, 0.25) is 0 Å². The van der Waals surface area contributed by atoms with Crippen molar-refractivity contribution in [3.63, 3.8) is 0 Å². The van der Waals surface area contributed by atoms with E-state index < -0.39 is 67.3 Å². The van der Waals surface area contributed by atoms with Crippen molar-refractivity contribution in [1.29, 1.82) is 0 Å². The summed E-state index contributed by atoms with van der Waals surface area (Å²) in [6.45, 7) is 5.77. The Morgan fingerprint density at radius 3 is 1.45 bits per heavy atom. The first-order valence-electron chi connectivity index (χ1n) is 27.3. The predicted octanol–water partition coefficient (Wildman–Crippen LogP) is 13.2. The Bertz CT molecular complexity index is 1440. The second kappa shape index (κ2) is 45.6. The SMILES string of the molecule is CC/C=C\C/C=C\C/C=C\CCCCCCCC(=O)OCC(COC1OC(C(=O)O)C(O)C(O)C1OC(=O)CCCCCCC/C=C\C/C=C\CCC)OC(=O)CCCCCCCCCCCCC. The molecule has 0 aromatic rings. The quantitative estimate of drug-likeness (QED) is 0.0228. The molecule has 1 aliphatic heterocycles. The smallest absolute Gasteiger partial charge is 0.335 e. The van der Waals surface area contributed by atoms with Crippen LogP contribution in [0.25, 0.3) is 0 Å². The van der Waals surface area contributed by atoms with Gasteiger partial charge >= 0.3 is 23.9 Å². The zero-order chi connectivity index (χ0) is 50.4. The van der Waals surface area contributed by atoms with E-state index in [1.807, 2.05) is 0 Å². The van der Waals surface area contributed by atoms with Gasteiger partial charge in [-0.05, 0) is 77.0 Å². The summed E-state index contributed by atoms with van der Waals surface area (Å²) in [6, 6.07) is 0. The molecule has 0 aromatic carbocycles. The fourth-order valence-corrected chi connectivity index (χ4v) is 7.89. The third kappa shape index (κ3) is 36.1. The molecule has 3 N–H and O–H groups in total. The molecule has 1 heterocycles. The topological polar surface area (TPSA) is 175 Å². The van der Waals surface area contributed by atoms with Crippen LogP contribution in [0.1, 0.15) is 226 Å². The molecule has 0 spiro atoms. The van der Waals surface area contributed by atoms with Crippen LogP contribution in [0.15, 0.2) is 60.8 Å². The fourth-order valence-electron chi connectivity index (χ4n) is 7.89. The van der Waals surface area contributed by atoms with Gasteiger partial charge in [0.1, 0.15) is 18.8 Å². The highest BCUT2D eigenvalue weighted by atomic mass is 16.7. The van der Waals surface area contributed by atoms with E-state index in [0.717, 1.165) is 122 Å². The van der Waals surface area contributed by atoms with Gasteiger partial charge in [-0.2, -0.15) is 0 Å². The van der Waals surface area contributed by atoms with E-state index in [1.165, 1.54) is 44.9 Å². The molecule has 0 aliphatic carbocycles. The molecule has 12 heteroatoms.